The van der Waals surface area contributed by atoms with Crippen molar-refractivity contribution < 1.29 is 13.9 Å². The van der Waals surface area contributed by atoms with Crippen LogP contribution >= 0.6 is 12.2 Å². The van der Waals surface area contributed by atoms with Crippen molar-refractivity contribution in [1.82, 2.24) is 5.32 Å². The number of halogens is 1. The van der Waals surface area contributed by atoms with Crippen molar-refractivity contribution in [1.29, 1.82) is 0 Å². The van der Waals surface area contributed by atoms with Gasteiger partial charge in [0.2, 0.25) is 0 Å². The Bertz CT molecular complexity index is 979. The smallest absolute Gasteiger partial charge is 0.260 e. The second kappa shape index (κ2) is 10.3. The summed E-state index contributed by atoms with van der Waals surface area (Å²) in [6.07, 6.45) is 1.79. The van der Waals surface area contributed by atoms with Gasteiger partial charge in [0.1, 0.15) is 11.6 Å². The van der Waals surface area contributed by atoms with Gasteiger partial charge in [0, 0.05) is 0 Å². The van der Waals surface area contributed by atoms with Crippen molar-refractivity contribution in [2.45, 2.75) is 12.8 Å². The van der Waals surface area contributed by atoms with Crippen LogP contribution in [0.2, 0.25) is 0 Å². The molecule has 0 atom stereocenters. The second-order valence-corrected chi connectivity index (χ2v) is 6.73. The van der Waals surface area contributed by atoms with Crippen molar-refractivity contribution in [3.63, 3.8) is 0 Å². The van der Waals surface area contributed by atoms with Crippen molar-refractivity contribution in [3.05, 3.63) is 95.8 Å². The lowest BCUT2D eigenvalue weighted by Crippen LogP contribution is -2.34. The van der Waals surface area contributed by atoms with Crippen LogP contribution in [0.4, 0.5) is 10.1 Å². The van der Waals surface area contributed by atoms with E-state index in [1.165, 1.54) is 23.8 Å². The molecule has 0 aliphatic heterocycles. The molecule has 3 rings (SSSR count). The Hall–Kier alpha value is -3.25. The molecule has 3 aromatic carbocycles. The highest BCUT2D eigenvalue weighted by molar-refractivity contribution is 7.80. The Kier molecular flexibility index (Phi) is 7.30. The van der Waals surface area contributed by atoms with Crippen LogP contribution in [-0.4, -0.2) is 17.6 Å². The Morgan fingerprint density at radius 3 is 2.41 bits per heavy atom. The number of carbonyl (C=O) groups excluding carboxylic acids is 1. The standard InChI is InChI=1S/C23H21FN2O2S/c24-19-13-5-4-12-18(19)22(27)26-23(29)25-20-14-6-7-15-21(20)28-16-8-11-17-9-2-1-3-10-17/h1-7,9-10,12-15H,8,11,16H2,(H2,25,26,27,29). The molecule has 0 fully saturated rings. The van der Waals surface area contributed by atoms with Gasteiger partial charge in [-0.3, -0.25) is 10.1 Å². The van der Waals surface area contributed by atoms with Crippen LogP contribution < -0.4 is 15.4 Å². The molecule has 0 spiro atoms. The van der Waals surface area contributed by atoms with E-state index in [2.05, 4.69) is 22.8 Å². The zero-order valence-corrected chi connectivity index (χ0v) is 16.5. The third-order valence-corrected chi connectivity index (χ3v) is 4.40. The third kappa shape index (κ3) is 6.12. The van der Waals surface area contributed by atoms with Gasteiger partial charge in [-0.1, -0.05) is 54.6 Å². The number of para-hydroxylation sites is 2. The Morgan fingerprint density at radius 1 is 0.931 bits per heavy atom. The maximum Gasteiger partial charge on any atom is 0.260 e. The monoisotopic (exact) mass is 408 g/mol. The number of benzene rings is 3. The number of nitrogens with one attached hydrogen (secondary N) is 2. The van der Waals surface area contributed by atoms with Gasteiger partial charge in [0.05, 0.1) is 17.9 Å². The fourth-order valence-corrected chi connectivity index (χ4v) is 2.97. The first-order valence-corrected chi connectivity index (χ1v) is 9.67. The van der Waals surface area contributed by atoms with Crippen LogP contribution in [0.15, 0.2) is 78.9 Å². The van der Waals surface area contributed by atoms with Gasteiger partial charge in [0.25, 0.3) is 5.91 Å². The number of thiocarbonyl (C=S) groups is 1. The van der Waals surface area contributed by atoms with Crippen LogP contribution in [0.5, 0.6) is 5.75 Å². The number of carbonyl (C=O) groups is 1. The number of anilines is 1. The second-order valence-electron chi connectivity index (χ2n) is 6.32. The minimum absolute atomic E-state index is 0.0675. The summed E-state index contributed by atoms with van der Waals surface area (Å²) in [5, 5.41) is 5.50. The molecule has 0 aliphatic carbocycles. The number of ether oxygens (including phenoxy) is 1. The zero-order chi connectivity index (χ0) is 20.5. The first kappa shape index (κ1) is 20.5. The Balaban J connectivity index is 1.53. The average Bonchev–Trinajstić information content (AvgIpc) is 2.73. The number of aryl methyl sites for hydroxylation is 1. The van der Waals surface area contributed by atoms with Crippen molar-refractivity contribution >= 4 is 28.9 Å². The van der Waals surface area contributed by atoms with Gasteiger partial charge >= 0.3 is 0 Å². The van der Waals surface area contributed by atoms with E-state index < -0.39 is 11.7 Å². The van der Waals surface area contributed by atoms with Crippen LogP contribution in [-0.2, 0) is 6.42 Å². The summed E-state index contributed by atoms with van der Waals surface area (Å²) in [6, 6.07) is 23.3. The summed E-state index contributed by atoms with van der Waals surface area (Å²) in [4.78, 5) is 12.2. The van der Waals surface area contributed by atoms with E-state index in [0.717, 1.165) is 12.8 Å². The van der Waals surface area contributed by atoms with Crippen LogP contribution in [0, 0.1) is 5.82 Å². The highest BCUT2D eigenvalue weighted by Gasteiger charge is 2.13. The SMILES string of the molecule is O=C(NC(=S)Nc1ccccc1OCCCc1ccccc1)c1ccccc1F. The van der Waals surface area contributed by atoms with Crippen molar-refractivity contribution in [3.8, 4) is 5.75 Å². The lowest BCUT2D eigenvalue weighted by atomic mass is 10.1. The van der Waals surface area contributed by atoms with Crippen molar-refractivity contribution in [2.24, 2.45) is 0 Å². The summed E-state index contributed by atoms with van der Waals surface area (Å²) in [6.45, 7) is 0.544. The van der Waals surface area contributed by atoms with E-state index in [0.29, 0.717) is 18.0 Å². The fraction of sp³-hybridized carbons (Fsp3) is 0.130. The maximum absolute atomic E-state index is 13.7. The molecule has 148 valence electrons. The molecule has 6 heteroatoms. The summed E-state index contributed by atoms with van der Waals surface area (Å²) >= 11 is 5.19. The molecule has 29 heavy (non-hydrogen) atoms. The average molecular weight is 408 g/mol. The highest BCUT2D eigenvalue weighted by Crippen LogP contribution is 2.24. The highest BCUT2D eigenvalue weighted by atomic mass is 32.1. The topological polar surface area (TPSA) is 50.4 Å². The summed E-state index contributed by atoms with van der Waals surface area (Å²) in [5.74, 6) is -0.583. The first-order chi connectivity index (χ1) is 14.1. The minimum atomic E-state index is -0.609. The van der Waals surface area contributed by atoms with E-state index in [-0.39, 0.29) is 10.7 Å². The minimum Gasteiger partial charge on any atom is -0.491 e. The van der Waals surface area contributed by atoms with E-state index in [4.69, 9.17) is 17.0 Å². The number of hydrogen-bond acceptors (Lipinski definition) is 3. The molecule has 3 aromatic rings. The van der Waals surface area contributed by atoms with Gasteiger partial charge in [-0.15, -0.1) is 0 Å². The Morgan fingerprint density at radius 2 is 1.62 bits per heavy atom. The molecule has 0 bridgehead atoms. The predicted molar refractivity (Wildman–Crippen MR) is 117 cm³/mol. The van der Waals surface area contributed by atoms with Crippen LogP contribution in [0.3, 0.4) is 0 Å². The molecule has 4 nitrogen and oxygen atoms in total. The van der Waals surface area contributed by atoms with E-state index in [9.17, 15) is 9.18 Å². The van der Waals surface area contributed by atoms with E-state index in [1.54, 1.807) is 12.1 Å². The summed E-state index contributed by atoms with van der Waals surface area (Å²) in [7, 11) is 0. The number of rotatable bonds is 7. The number of hydrogen-bond donors (Lipinski definition) is 2. The van der Waals surface area contributed by atoms with Gasteiger partial charge in [-0.2, -0.15) is 0 Å². The molecule has 0 aliphatic rings. The fourth-order valence-electron chi connectivity index (χ4n) is 2.77. The normalized spacial score (nSPS) is 10.2. The molecule has 0 saturated heterocycles. The van der Waals surface area contributed by atoms with Crippen LogP contribution in [0.1, 0.15) is 22.3 Å². The maximum atomic E-state index is 13.7. The van der Waals surface area contributed by atoms with Gasteiger partial charge in [0.15, 0.2) is 5.11 Å². The molecule has 2 N–H and O–H groups in total. The molecule has 0 saturated carbocycles. The van der Waals surface area contributed by atoms with Gasteiger partial charge in [-0.05, 0) is 54.9 Å². The lowest BCUT2D eigenvalue weighted by Gasteiger charge is -2.14. The quantitative estimate of drug-likeness (QED) is 0.428. The first-order valence-electron chi connectivity index (χ1n) is 9.26. The third-order valence-electron chi connectivity index (χ3n) is 4.19. The zero-order valence-electron chi connectivity index (χ0n) is 15.7. The molecule has 0 radical (unpaired) electrons. The molecule has 1 amide bonds. The number of amides is 1. The lowest BCUT2D eigenvalue weighted by molar-refractivity contribution is 0.0974. The molecule has 0 heterocycles. The molecule has 0 aromatic heterocycles. The van der Waals surface area contributed by atoms with Gasteiger partial charge in [-0.25, -0.2) is 4.39 Å². The van der Waals surface area contributed by atoms with Crippen LogP contribution in [0.25, 0.3) is 0 Å². The van der Waals surface area contributed by atoms with Gasteiger partial charge < -0.3 is 10.1 Å². The summed E-state index contributed by atoms with van der Waals surface area (Å²) < 4.78 is 19.6. The predicted octanol–water partition coefficient (Wildman–Crippen LogP) is 4.96. The molecular weight excluding hydrogens is 387 g/mol. The molecular formula is C23H21FN2O2S. The summed E-state index contributed by atoms with van der Waals surface area (Å²) in [5.41, 5.74) is 1.83. The largest absolute Gasteiger partial charge is 0.491 e. The molecule has 0 unspecified atom stereocenters. The van der Waals surface area contributed by atoms with E-state index in [1.807, 2.05) is 36.4 Å². The Labute approximate surface area is 174 Å². The van der Waals surface area contributed by atoms with Crippen molar-refractivity contribution in [2.75, 3.05) is 11.9 Å². The van der Waals surface area contributed by atoms with E-state index >= 15 is 0 Å².